The zero-order valence-corrected chi connectivity index (χ0v) is 9.17. The number of ether oxygens (including phenoxy) is 2. The van der Waals surface area contributed by atoms with E-state index >= 15 is 0 Å². The van der Waals surface area contributed by atoms with E-state index in [4.69, 9.17) is 9.47 Å². The highest BCUT2D eigenvalue weighted by Crippen LogP contribution is 2.24. The minimum Gasteiger partial charge on any atom is -0.384 e. The predicted octanol–water partition coefficient (Wildman–Crippen LogP) is 0.693. The number of rotatable bonds is 5. The van der Waals surface area contributed by atoms with Crippen molar-refractivity contribution in [1.82, 2.24) is 9.97 Å². The number of aliphatic hydroxyl groups is 1. The topological polar surface area (TPSA) is 64.5 Å². The normalized spacial score (nSPS) is 15.3. The molecule has 1 N–H and O–H groups in total. The molecule has 0 fully saturated rings. The van der Waals surface area contributed by atoms with Crippen LogP contribution in [0.5, 0.6) is 0 Å². The van der Waals surface area contributed by atoms with E-state index in [2.05, 4.69) is 9.97 Å². The molecular formula is C10H16N2O3. The monoisotopic (exact) mass is 212 g/mol. The van der Waals surface area contributed by atoms with E-state index < -0.39 is 11.9 Å². The summed E-state index contributed by atoms with van der Waals surface area (Å²) in [5.74, 6) is 0. The van der Waals surface area contributed by atoms with Gasteiger partial charge < -0.3 is 14.6 Å². The lowest BCUT2D eigenvalue weighted by Gasteiger charge is -2.26. The Balaban J connectivity index is 2.74. The standard InChI is InChI=1S/C10H16N2O3/c1-10(13,6-9(14-2)15-3)8-7-11-4-5-12-8/h4-5,7,9,13H,6H2,1-3H3. The Kier molecular flexibility index (Phi) is 4.14. The smallest absolute Gasteiger partial charge is 0.159 e. The molecule has 5 nitrogen and oxygen atoms in total. The summed E-state index contributed by atoms with van der Waals surface area (Å²) in [6.07, 6.45) is 4.48. The molecule has 1 aromatic heterocycles. The molecule has 1 unspecified atom stereocenters. The second-order valence-electron chi connectivity index (χ2n) is 3.47. The van der Waals surface area contributed by atoms with E-state index in [9.17, 15) is 5.11 Å². The van der Waals surface area contributed by atoms with Crippen LogP contribution in [0.4, 0.5) is 0 Å². The van der Waals surface area contributed by atoms with Crippen molar-refractivity contribution in [3.63, 3.8) is 0 Å². The maximum absolute atomic E-state index is 10.2. The van der Waals surface area contributed by atoms with Gasteiger partial charge in [-0.2, -0.15) is 0 Å². The van der Waals surface area contributed by atoms with Crippen molar-refractivity contribution < 1.29 is 14.6 Å². The Bertz CT molecular complexity index is 286. The fourth-order valence-corrected chi connectivity index (χ4v) is 1.27. The highest BCUT2D eigenvalue weighted by molar-refractivity contribution is 5.06. The first-order valence-electron chi connectivity index (χ1n) is 4.64. The lowest BCUT2D eigenvalue weighted by Crippen LogP contribution is -2.30. The zero-order chi connectivity index (χ0) is 11.3. The van der Waals surface area contributed by atoms with Gasteiger partial charge in [-0.05, 0) is 6.92 Å². The number of methoxy groups -OCH3 is 2. The molecule has 0 aliphatic rings. The van der Waals surface area contributed by atoms with Gasteiger partial charge in [0.1, 0.15) is 5.60 Å². The van der Waals surface area contributed by atoms with Crippen LogP contribution >= 0.6 is 0 Å². The molecule has 0 amide bonds. The highest BCUT2D eigenvalue weighted by Gasteiger charge is 2.29. The van der Waals surface area contributed by atoms with Crippen molar-refractivity contribution in [2.24, 2.45) is 0 Å². The summed E-state index contributed by atoms with van der Waals surface area (Å²) in [7, 11) is 3.06. The van der Waals surface area contributed by atoms with Crippen LogP contribution in [0, 0.1) is 0 Å². The van der Waals surface area contributed by atoms with Gasteiger partial charge in [-0.3, -0.25) is 9.97 Å². The van der Waals surface area contributed by atoms with Crippen LogP contribution in [0.3, 0.4) is 0 Å². The van der Waals surface area contributed by atoms with Gasteiger partial charge in [-0.25, -0.2) is 0 Å². The molecule has 1 atom stereocenters. The maximum atomic E-state index is 10.2. The zero-order valence-electron chi connectivity index (χ0n) is 9.17. The number of aromatic nitrogens is 2. The molecule has 84 valence electrons. The van der Waals surface area contributed by atoms with Crippen LogP contribution in [-0.2, 0) is 15.1 Å². The predicted molar refractivity (Wildman–Crippen MR) is 54.0 cm³/mol. The van der Waals surface area contributed by atoms with Gasteiger partial charge >= 0.3 is 0 Å². The minimum absolute atomic E-state index is 0.304. The fourth-order valence-electron chi connectivity index (χ4n) is 1.27. The van der Waals surface area contributed by atoms with Gasteiger partial charge in [0, 0.05) is 33.0 Å². The van der Waals surface area contributed by atoms with Crippen LogP contribution in [0.25, 0.3) is 0 Å². The minimum atomic E-state index is -1.11. The van der Waals surface area contributed by atoms with Gasteiger partial charge in [-0.15, -0.1) is 0 Å². The molecule has 1 aromatic rings. The molecule has 0 saturated heterocycles. The first-order valence-corrected chi connectivity index (χ1v) is 4.64. The maximum Gasteiger partial charge on any atom is 0.159 e. The summed E-state index contributed by atoms with van der Waals surface area (Å²) < 4.78 is 10.1. The van der Waals surface area contributed by atoms with Gasteiger partial charge in [0.15, 0.2) is 6.29 Å². The van der Waals surface area contributed by atoms with E-state index in [0.29, 0.717) is 12.1 Å². The Morgan fingerprint density at radius 2 is 2.07 bits per heavy atom. The summed E-state index contributed by atoms with van der Waals surface area (Å²) in [5.41, 5.74) is -0.602. The SMILES string of the molecule is COC(CC(C)(O)c1cnccn1)OC. The number of nitrogens with zero attached hydrogens (tertiary/aromatic N) is 2. The van der Waals surface area contributed by atoms with Crippen molar-refractivity contribution in [1.29, 1.82) is 0 Å². The van der Waals surface area contributed by atoms with Crippen molar-refractivity contribution in [3.05, 3.63) is 24.3 Å². The molecule has 0 aliphatic carbocycles. The third-order valence-electron chi connectivity index (χ3n) is 2.20. The molecular weight excluding hydrogens is 196 g/mol. The van der Waals surface area contributed by atoms with Crippen LogP contribution in [0.1, 0.15) is 19.0 Å². The summed E-state index contributed by atoms with van der Waals surface area (Å²) in [6.45, 7) is 1.65. The van der Waals surface area contributed by atoms with Crippen LogP contribution in [0.2, 0.25) is 0 Å². The Morgan fingerprint density at radius 3 is 2.53 bits per heavy atom. The Morgan fingerprint density at radius 1 is 1.40 bits per heavy atom. The van der Waals surface area contributed by atoms with Crippen molar-refractivity contribution in [2.45, 2.75) is 25.2 Å². The quantitative estimate of drug-likeness (QED) is 0.727. The summed E-state index contributed by atoms with van der Waals surface area (Å²) >= 11 is 0. The van der Waals surface area contributed by atoms with Crippen LogP contribution < -0.4 is 0 Å². The van der Waals surface area contributed by atoms with Crippen LogP contribution in [0.15, 0.2) is 18.6 Å². The first kappa shape index (κ1) is 12.0. The lowest BCUT2D eigenvalue weighted by atomic mass is 9.98. The second-order valence-corrected chi connectivity index (χ2v) is 3.47. The number of hydrogen-bond donors (Lipinski definition) is 1. The average molecular weight is 212 g/mol. The molecule has 0 aliphatic heterocycles. The van der Waals surface area contributed by atoms with Gasteiger partial charge in [-0.1, -0.05) is 0 Å². The van der Waals surface area contributed by atoms with Crippen molar-refractivity contribution in [2.75, 3.05) is 14.2 Å². The summed E-state index contributed by atoms with van der Waals surface area (Å²) in [5, 5.41) is 10.2. The third kappa shape index (κ3) is 3.23. The molecule has 0 bridgehead atoms. The Hall–Kier alpha value is -1.04. The number of hydrogen-bond acceptors (Lipinski definition) is 5. The molecule has 0 aromatic carbocycles. The van der Waals surface area contributed by atoms with Gasteiger partial charge in [0.05, 0.1) is 11.9 Å². The Labute approximate surface area is 89.1 Å². The molecule has 0 radical (unpaired) electrons. The molecule has 0 spiro atoms. The van der Waals surface area contributed by atoms with E-state index in [0.717, 1.165) is 0 Å². The third-order valence-corrected chi connectivity index (χ3v) is 2.20. The molecule has 15 heavy (non-hydrogen) atoms. The van der Waals surface area contributed by atoms with Gasteiger partial charge in [0.2, 0.25) is 0 Å². The van der Waals surface area contributed by atoms with Crippen molar-refractivity contribution in [3.8, 4) is 0 Å². The largest absolute Gasteiger partial charge is 0.384 e. The van der Waals surface area contributed by atoms with E-state index in [1.165, 1.54) is 20.4 Å². The van der Waals surface area contributed by atoms with E-state index in [1.54, 1.807) is 19.3 Å². The fraction of sp³-hybridized carbons (Fsp3) is 0.600. The average Bonchev–Trinajstić information content (AvgIpc) is 2.27. The molecule has 1 heterocycles. The first-order chi connectivity index (χ1) is 7.10. The van der Waals surface area contributed by atoms with Gasteiger partial charge in [0.25, 0.3) is 0 Å². The summed E-state index contributed by atoms with van der Waals surface area (Å²) in [4.78, 5) is 7.95. The lowest BCUT2D eigenvalue weighted by molar-refractivity contribution is -0.143. The van der Waals surface area contributed by atoms with Crippen LogP contribution in [-0.4, -0.2) is 35.6 Å². The highest BCUT2D eigenvalue weighted by atomic mass is 16.7. The van der Waals surface area contributed by atoms with Crippen molar-refractivity contribution >= 4 is 0 Å². The molecule has 0 saturated carbocycles. The van der Waals surface area contributed by atoms with E-state index in [-0.39, 0.29) is 0 Å². The molecule has 1 rings (SSSR count). The molecule has 5 heteroatoms. The summed E-state index contributed by atoms with van der Waals surface area (Å²) in [6, 6.07) is 0. The second kappa shape index (κ2) is 5.16. The van der Waals surface area contributed by atoms with E-state index in [1.807, 2.05) is 0 Å².